The summed E-state index contributed by atoms with van der Waals surface area (Å²) in [5, 5.41) is 9.37. The van der Waals surface area contributed by atoms with Gasteiger partial charge in [0.05, 0.1) is 22.0 Å². The molecule has 1 N–H and O–H groups in total. The van der Waals surface area contributed by atoms with E-state index in [2.05, 4.69) is 0 Å². The van der Waals surface area contributed by atoms with Crippen LogP contribution in [0.15, 0.2) is 30.3 Å². The lowest BCUT2D eigenvalue weighted by Crippen LogP contribution is -2.11. The molecule has 20 heavy (non-hydrogen) atoms. The first kappa shape index (κ1) is 14.8. The summed E-state index contributed by atoms with van der Waals surface area (Å²) >= 11 is 11.7. The second-order valence-electron chi connectivity index (χ2n) is 4.66. The number of aliphatic carboxylic acids is 1. The molecule has 0 atom stereocenters. The number of carboxylic acids is 1. The van der Waals surface area contributed by atoms with Gasteiger partial charge in [-0.2, -0.15) is 0 Å². The van der Waals surface area contributed by atoms with E-state index >= 15 is 0 Å². The van der Waals surface area contributed by atoms with Crippen LogP contribution in [-0.4, -0.2) is 20.5 Å². The molecular weight excluding hydrogens is 294 g/mol. The van der Waals surface area contributed by atoms with Gasteiger partial charge in [-0.15, -0.1) is 0 Å². The van der Waals surface area contributed by atoms with E-state index in [4.69, 9.17) is 28.9 Å². The fraction of sp³-hybridized carbons (Fsp3) is 0.200. The van der Waals surface area contributed by atoms with Crippen molar-refractivity contribution >= 4 is 34.7 Å². The van der Waals surface area contributed by atoms with Gasteiger partial charge in [0, 0.05) is 12.7 Å². The number of benzene rings is 1. The third-order valence-electron chi connectivity index (χ3n) is 3.15. The van der Waals surface area contributed by atoms with Gasteiger partial charge >= 0.3 is 5.97 Å². The number of hydrogen-bond acceptors (Lipinski definition) is 2. The Labute approximate surface area is 127 Å². The second-order valence-corrected chi connectivity index (χ2v) is 5.47. The topological polar surface area (TPSA) is 42.2 Å². The number of hydrogen-bond donors (Lipinski definition) is 1. The number of nitrogens with zero attached hydrogens (tertiary/aromatic N) is 1. The van der Waals surface area contributed by atoms with Gasteiger partial charge in [-0.1, -0.05) is 53.6 Å². The monoisotopic (exact) mass is 307 g/mol. The van der Waals surface area contributed by atoms with E-state index in [9.17, 15) is 4.79 Å². The van der Waals surface area contributed by atoms with E-state index in [0.29, 0.717) is 21.3 Å². The lowest BCUT2D eigenvalue weighted by atomic mass is 10.1. The summed E-state index contributed by atoms with van der Waals surface area (Å²) < 4.78 is 1.75. The molecule has 0 spiro atoms. The summed E-state index contributed by atoms with van der Waals surface area (Å²) in [6.45, 7) is 2.01. The van der Waals surface area contributed by atoms with Crippen LogP contribution in [0.25, 0.3) is 0 Å². The number of carbonyl (C=O) groups is 1. The third-order valence-corrected chi connectivity index (χ3v) is 3.86. The second kappa shape index (κ2) is 5.77. The summed E-state index contributed by atoms with van der Waals surface area (Å²) in [7, 11) is 1.78. The predicted molar refractivity (Wildman–Crippen MR) is 83.7 cm³/mol. The Morgan fingerprint density at radius 2 is 1.95 bits per heavy atom. The first-order valence-corrected chi connectivity index (χ1v) is 6.86. The minimum absolute atomic E-state index is 0.0767. The van der Waals surface area contributed by atoms with E-state index in [1.54, 1.807) is 17.7 Å². The van der Waals surface area contributed by atoms with Crippen LogP contribution in [0.1, 0.15) is 22.5 Å². The molecule has 0 aliphatic rings. The first-order valence-electron chi connectivity index (χ1n) is 6.07. The summed E-state index contributed by atoms with van der Waals surface area (Å²) in [6, 6.07) is 9.51. The van der Waals surface area contributed by atoms with Crippen molar-refractivity contribution in [1.82, 2.24) is 4.57 Å². The van der Waals surface area contributed by atoms with Crippen LogP contribution in [0.2, 0.25) is 5.02 Å². The van der Waals surface area contributed by atoms with Crippen LogP contribution in [-0.2, 0) is 18.3 Å². The SMILES string of the molecule is Cc1ccc(C(=S)c2c(Cl)cc(CC(=O)O)n2C)cc1. The Bertz CT molecular complexity index is 674. The van der Waals surface area contributed by atoms with Crippen molar-refractivity contribution in [1.29, 1.82) is 0 Å². The van der Waals surface area contributed by atoms with Gasteiger partial charge in [-0.3, -0.25) is 4.79 Å². The van der Waals surface area contributed by atoms with Gasteiger partial charge in [0.25, 0.3) is 0 Å². The van der Waals surface area contributed by atoms with Crippen molar-refractivity contribution in [3.05, 3.63) is 57.9 Å². The van der Waals surface area contributed by atoms with Crippen LogP contribution >= 0.6 is 23.8 Å². The average Bonchev–Trinajstić information content (AvgIpc) is 2.64. The molecule has 0 amide bonds. The van der Waals surface area contributed by atoms with Crippen molar-refractivity contribution in [3.63, 3.8) is 0 Å². The lowest BCUT2D eigenvalue weighted by molar-refractivity contribution is -0.136. The van der Waals surface area contributed by atoms with Gasteiger partial charge in [0.2, 0.25) is 0 Å². The molecule has 2 rings (SSSR count). The Balaban J connectivity index is 2.42. The van der Waals surface area contributed by atoms with Crippen molar-refractivity contribution < 1.29 is 9.90 Å². The predicted octanol–water partition coefficient (Wildman–Crippen LogP) is 3.38. The zero-order valence-electron chi connectivity index (χ0n) is 11.2. The summed E-state index contributed by atoms with van der Waals surface area (Å²) in [6.07, 6.45) is -0.0767. The fourth-order valence-corrected chi connectivity index (χ4v) is 2.83. The molecule has 3 nitrogen and oxygen atoms in total. The molecule has 5 heteroatoms. The number of rotatable bonds is 4. The van der Waals surface area contributed by atoms with E-state index in [1.807, 2.05) is 31.2 Å². The quantitative estimate of drug-likeness (QED) is 0.695. The highest BCUT2D eigenvalue weighted by Crippen LogP contribution is 2.24. The van der Waals surface area contributed by atoms with E-state index in [1.165, 1.54) is 0 Å². The highest BCUT2D eigenvalue weighted by Gasteiger charge is 2.17. The Morgan fingerprint density at radius 3 is 2.50 bits per heavy atom. The van der Waals surface area contributed by atoms with Gasteiger partial charge in [0.15, 0.2) is 0 Å². The Kier molecular flexibility index (Phi) is 4.26. The molecule has 0 radical (unpaired) electrons. The van der Waals surface area contributed by atoms with E-state index < -0.39 is 5.97 Å². The standard InChI is InChI=1S/C15H14ClNO2S/c1-9-3-5-10(6-4-9)15(20)14-12(16)7-11(17(14)2)8-13(18)19/h3-7H,8H2,1-2H3,(H,18,19). The molecule has 1 aromatic heterocycles. The molecule has 104 valence electrons. The number of thiocarbonyl (C=S) groups is 1. The summed E-state index contributed by atoms with van der Waals surface area (Å²) in [4.78, 5) is 11.4. The van der Waals surface area contributed by atoms with Crippen molar-refractivity contribution in [2.24, 2.45) is 7.05 Å². The normalized spacial score (nSPS) is 10.6. The largest absolute Gasteiger partial charge is 0.481 e. The van der Waals surface area contributed by atoms with E-state index in [-0.39, 0.29) is 6.42 Å². The number of aryl methyl sites for hydroxylation is 1. The molecule has 0 bridgehead atoms. The molecule has 0 aliphatic carbocycles. The van der Waals surface area contributed by atoms with Gasteiger partial charge < -0.3 is 9.67 Å². The maximum atomic E-state index is 10.8. The maximum absolute atomic E-state index is 10.8. The van der Waals surface area contributed by atoms with Crippen molar-refractivity contribution in [3.8, 4) is 0 Å². The number of aromatic nitrogens is 1. The fourth-order valence-electron chi connectivity index (χ4n) is 2.04. The minimum Gasteiger partial charge on any atom is -0.481 e. The zero-order chi connectivity index (χ0) is 14.9. The molecule has 0 aliphatic heterocycles. The molecule has 1 aromatic carbocycles. The number of halogens is 1. The van der Waals surface area contributed by atoms with Crippen LogP contribution in [0.4, 0.5) is 0 Å². The molecule has 1 heterocycles. The van der Waals surface area contributed by atoms with Gasteiger partial charge in [-0.05, 0) is 18.6 Å². The van der Waals surface area contributed by atoms with Crippen LogP contribution < -0.4 is 0 Å². The Hall–Kier alpha value is -1.65. The smallest absolute Gasteiger partial charge is 0.309 e. The Morgan fingerprint density at radius 1 is 1.35 bits per heavy atom. The molecule has 2 aromatic rings. The number of carboxylic acid groups (broad SMARTS) is 1. The van der Waals surface area contributed by atoms with Crippen molar-refractivity contribution in [2.75, 3.05) is 0 Å². The third kappa shape index (κ3) is 2.92. The molecular formula is C15H14ClNO2S. The average molecular weight is 308 g/mol. The lowest BCUT2D eigenvalue weighted by Gasteiger charge is -2.09. The maximum Gasteiger partial charge on any atom is 0.309 e. The van der Waals surface area contributed by atoms with Gasteiger partial charge in [-0.25, -0.2) is 0 Å². The summed E-state index contributed by atoms with van der Waals surface area (Å²) in [5.74, 6) is -0.893. The van der Waals surface area contributed by atoms with E-state index in [0.717, 1.165) is 11.1 Å². The van der Waals surface area contributed by atoms with Crippen LogP contribution in [0.3, 0.4) is 0 Å². The van der Waals surface area contributed by atoms with Crippen LogP contribution in [0.5, 0.6) is 0 Å². The van der Waals surface area contributed by atoms with Gasteiger partial charge in [0.1, 0.15) is 0 Å². The highest BCUT2D eigenvalue weighted by molar-refractivity contribution is 7.81. The highest BCUT2D eigenvalue weighted by atomic mass is 35.5. The molecule has 0 fully saturated rings. The zero-order valence-corrected chi connectivity index (χ0v) is 12.8. The van der Waals surface area contributed by atoms with Crippen LogP contribution in [0, 0.1) is 6.92 Å². The first-order chi connectivity index (χ1) is 9.40. The van der Waals surface area contributed by atoms with Crippen molar-refractivity contribution in [2.45, 2.75) is 13.3 Å². The summed E-state index contributed by atoms with van der Waals surface area (Å²) in [5.41, 5.74) is 3.37. The molecule has 0 saturated carbocycles. The molecule has 0 unspecified atom stereocenters. The molecule has 0 saturated heterocycles. The minimum atomic E-state index is -0.893.